The predicted molar refractivity (Wildman–Crippen MR) is 175 cm³/mol. The lowest BCUT2D eigenvalue weighted by atomic mass is 9.89. The number of carboxylic acids is 1. The summed E-state index contributed by atoms with van der Waals surface area (Å²) in [7, 11) is 1.28. The van der Waals surface area contributed by atoms with Gasteiger partial charge >= 0.3 is 5.97 Å². The summed E-state index contributed by atoms with van der Waals surface area (Å²) in [4.78, 5) is 49.3. The van der Waals surface area contributed by atoms with E-state index in [0.29, 0.717) is 23.4 Å². The molecule has 0 aliphatic carbocycles. The van der Waals surface area contributed by atoms with Gasteiger partial charge in [-0.2, -0.15) is 4.57 Å². The number of amides is 1. The van der Waals surface area contributed by atoms with Gasteiger partial charge in [0.05, 0.1) is 11.3 Å². The van der Waals surface area contributed by atoms with Gasteiger partial charge in [-0.25, -0.2) is 9.78 Å². The number of Topliss-reactive ketones (excluding diaryl/α,β-unsaturated/α-hetero) is 1. The number of β-lactam (4-membered cyclic amide) rings is 1. The minimum atomic E-state index is -1.20. The van der Waals surface area contributed by atoms with Gasteiger partial charge in [0.25, 0.3) is 0 Å². The fraction of sp³-hybridized carbons (Fsp3) is 0.233. The number of anilines is 1. The molecule has 1 fully saturated rings. The van der Waals surface area contributed by atoms with Crippen molar-refractivity contribution < 1.29 is 28.9 Å². The zero-order valence-corrected chi connectivity index (χ0v) is 26.7. The van der Waals surface area contributed by atoms with Crippen molar-refractivity contribution in [1.29, 1.82) is 5.41 Å². The number of nitrogens with zero attached hydrogens (tertiary/aromatic N) is 5. The van der Waals surface area contributed by atoms with Crippen LogP contribution in [0.1, 0.15) is 23.2 Å². The molecule has 46 heavy (non-hydrogen) atoms. The molecule has 0 radical (unpaired) electrons. The molecule has 3 aromatic heterocycles. The van der Waals surface area contributed by atoms with Crippen LogP contribution in [0.2, 0.25) is 4.34 Å². The summed E-state index contributed by atoms with van der Waals surface area (Å²) in [6.45, 7) is 0.852. The lowest BCUT2D eigenvalue weighted by molar-refractivity contribution is -0.687. The van der Waals surface area contributed by atoms with E-state index in [4.69, 9.17) is 33.3 Å². The van der Waals surface area contributed by atoms with Gasteiger partial charge in [0.15, 0.2) is 35.6 Å². The SMILES string of the molecule is CO/N=C(\C(=O)C[C@@H]1C(=O)N2C(C(=O)O)=C(C[n+]3ccc4ccn(Cc5ccc(C(=N)N)cc5)c4c3)CS[C@H]12)c1nc(N)sc1Cl. The monoisotopic (exact) mass is 679 g/mol. The van der Waals surface area contributed by atoms with Gasteiger partial charge in [0.1, 0.15) is 34.2 Å². The predicted octanol–water partition coefficient (Wildman–Crippen LogP) is 2.83. The van der Waals surface area contributed by atoms with Crippen LogP contribution in [0, 0.1) is 11.3 Å². The van der Waals surface area contributed by atoms with Crippen molar-refractivity contribution in [3.8, 4) is 0 Å². The van der Waals surface area contributed by atoms with Crippen LogP contribution in [-0.4, -0.2) is 67.0 Å². The molecule has 0 spiro atoms. The summed E-state index contributed by atoms with van der Waals surface area (Å²) in [6, 6.07) is 11.5. The molecule has 0 unspecified atom stereocenters. The van der Waals surface area contributed by atoms with Crippen molar-refractivity contribution in [1.82, 2.24) is 14.5 Å². The summed E-state index contributed by atoms with van der Waals surface area (Å²) in [5, 5.41) is 22.2. The average molecular weight is 680 g/mol. The number of benzene rings is 1. The smallest absolute Gasteiger partial charge is 0.352 e. The number of hydrogen-bond acceptors (Lipinski definition) is 10. The Hall–Kier alpha value is -4.73. The van der Waals surface area contributed by atoms with Crippen molar-refractivity contribution >= 4 is 79.9 Å². The zero-order chi connectivity index (χ0) is 32.7. The molecule has 2 atom stereocenters. The molecule has 5 heterocycles. The van der Waals surface area contributed by atoms with Crippen molar-refractivity contribution in [2.75, 3.05) is 18.6 Å². The summed E-state index contributed by atoms with van der Waals surface area (Å²) in [5.74, 6) is -2.54. The average Bonchev–Trinajstić information content (AvgIpc) is 3.58. The Kier molecular flexibility index (Phi) is 8.55. The van der Waals surface area contributed by atoms with Gasteiger partial charge in [-0.1, -0.05) is 52.4 Å². The van der Waals surface area contributed by atoms with E-state index in [1.165, 1.54) is 23.8 Å². The molecule has 6 rings (SSSR count). The number of carbonyl (C=O) groups excluding carboxylic acids is 2. The van der Waals surface area contributed by atoms with Gasteiger partial charge in [-0.15, -0.1) is 11.8 Å². The minimum absolute atomic E-state index is 0.0128. The van der Waals surface area contributed by atoms with Crippen molar-refractivity contribution in [3.05, 3.63) is 87.4 Å². The number of hydrogen-bond donors (Lipinski definition) is 4. The maximum absolute atomic E-state index is 13.4. The van der Waals surface area contributed by atoms with Crippen LogP contribution in [-0.2, 0) is 32.3 Å². The Morgan fingerprint density at radius 2 is 2.02 bits per heavy atom. The van der Waals surface area contributed by atoms with E-state index in [0.717, 1.165) is 27.8 Å². The van der Waals surface area contributed by atoms with Crippen LogP contribution in [0.3, 0.4) is 0 Å². The molecule has 0 saturated carbocycles. The number of fused-ring (bicyclic) bond motifs is 2. The van der Waals surface area contributed by atoms with Crippen LogP contribution in [0.15, 0.2) is 71.4 Å². The molecule has 1 saturated heterocycles. The minimum Gasteiger partial charge on any atom is -0.477 e. The van der Waals surface area contributed by atoms with Crippen LogP contribution < -0.4 is 16.0 Å². The lowest BCUT2D eigenvalue weighted by Gasteiger charge is -2.49. The lowest BCUT2D eigenvalue weighted by Crippen LogP contribution is -2.62. The molecular weight excluding hydrogens is 652 g/mol. The first-order valence-corrected chi connectivity index (χ1v) is 16.2. The molecule has 13 nitrogen and oxygen atoms in total. The van der Waals surface area contributed by atoms with Gasteiger partial charge < -0.3 is 26.0 Å². The Bertz CT molecular complexity index is 1970. The number of amidine groups is 1. The van der Waals surface area contributed by atoms with Gasteiger partial charge in [0.2, 0.25) is 5.91 Å². The number of ketones is 1. The molecule has 1 aromatic carbocycles. The van der Waals surface area contributed by atoms with Gasteiger partial charge in [-0.3, -0.25) is 19.9 Å². The summed E-state index contributed by atoms with van der Waals surface area (Å²) < 4.78 is 4.16. The van der Waals surface area contributed by atoms with E-state index in [-0.39, 0.29) is 45.4 Å². The highest BCUT2D eigenvalue weighted by Gasteiger charge is 2.54. The highest BCUT2D eigenvalue weighted by atomic mass is 35.5. The first-order chi connectivity index (χ1) is 22.0. The van der Waals surface area contributed by atoms with Crippen LogP contribution in [0.25, 0.3) is 10.9 Å². The number of carbonyl (C=O) groups is 3. The van der Waals surface area contributed by atoms with Gasteiger partial charge in [-0.05, 0) is 11.6 Å². The van der Waals surface area contributed by atoms with Crippen molar-refractivity contribution in [2.45, 2.75) is 24.9 Å². The molecule has 4 aromatic rings. The molecule has 16 heteroatoms. The zero-order valence-electron chi connectivity index (χ0n) is 24.3. The second kappa shape index (κ2) is 12.6. The Balaban J connectivity index is 1.20. The molecule has 1 amide bonds. The molecule has 6 N–H and O–H groups in total. The number of carboxylic acid groups (broad SMARTS) is 1. The number of nitrogen functional groups attached to an aromatic ring is 2. The van der Waals surface area contributed by atoms with Crippen molar-refractivity contribution in [2.24, 2.45) is 16.8 Å². The Labute approximate surface area is 275 Å². The van der Waals surface area contributed by atoms with E-state index in [9.17, 15) is 19.5 Å². The number of thioether (sulfide) groups is 1. The highest BCUT2D eigenvalue weighted by molar-refractivity contribution is 8.00. The topological polar surface area (TPSA) is 194 Å². The number of halogens is 1. The quantitative estimate of drug-likeness (QED) is 0.0606. The number of pyridine rings is 1. The molecular formula is C30H28ClN8O5S2+. The third-order valence-electron chi connectivity index (χ3n) is 7.80. The molecule has 2 aliphatic rings. The fourth-order valence-electron chi connectivity index (χ4n) is 5.63. The summed E-state index contributed by atoms with van der Waals surface area (Å²) in [5.41, 5.74) is 14.4. The second-order valence-corrected chi connectivity index (χ2v) is 13.4. The third kappa shape index (κ3) is 5.84. The van der Waals surface area contributed by atoms with Crippen molar-refractivity contribution in [3.63, 3.8) is 0 Å². The number of aliphatic carboxylic acids is 1. The van der Waals surface area contributed by atoms with E-state index in [1.807, 2.05) is 59.6 Å². The number of nitrogens with one attached hydrogen (secondary N) is 1. The maximum atomic E-state index is 13.4. The number of nitrogens with two attached hydrogens (primary N) is 2. The normalized spacial score (nSPS) is 18.0. The number of thiazole rings is 1. The van der Waals surface area contributed by atoms with Crippen LogP contribution >= 0.6 is 34.7 Å². The van der Waals surface area contributed by atoms with Gasteiger partial charge in [0, 0.05) is 47.5 Å². The number of aromatic nitrogens is 3. The number of oxime groups is 1. The Morgan fingerprint density at radius 1 is 1.26 bits per heavy atom. The third-order valence-corrected chi connectivity index (χ3v) is 10.3. The molecule has 2 aliphatic heterocycles. The maximum Gasteiger partial charge on any atom is 0.352 e. The van der Waals surface area contributed by atoms with E-state index >= 15 is 0 Å². The number of rotatable bonds is 11. The first kappa shape index (κ1) is 31.3. The molecule has 0 bridgehead atoms. The molecule has 236 valence electrons. The van der Waals surface area contributed by atoms with E-state index in [2.05, 4.69) is 14.7 Å². The summed E-state index contributed by atoms with van der Waals surface area (Å²) >= 11 is 8.59. The van der Waals surface area contributed by atoms with E-state index < -0.39 is 29.0 Å². The standard InChI is InChI=1S/C30H27ClN8O5S2/c1-44-36-22(23-25(31)46-30(34)35-23)21(40)10-19-27(41)39-24(29(42)43)18(14-45-28(19)39)12-37-8-6-16-7-9-38(20(16)13-37)11-15-2-4-17(5-3-15)26(32)33/h2-9,13,19,28H,10-12,14H2,1H3,(H5-,32,33,34,35,42,43)/p+1/b36-22+/t19-,28-/m1/s1. The van der Waals surface area contributed by atoms with E-state index in [1.54, 1.807) is 0 Å². The highest BCUT2D eigenvalue weighted by Crippen LogP contribution is 2.45. The Morgan fingerprint density at radius 3 is 2.67 bits per heavy atom. The van der Waals surface area contributed by atoms with Crippen LogP contribution in [0.5, 0.6) is 0 Å². The first-order valence-electron chi connectivity index (χ1n) is 13.9. The fourth-order valence-corrected chi connectivity index (χ4v) is 7.96. The van der Waals surface area contributed by atoms with Crippen LogP contribution in [0.4, 0.5) is 5.13 Å². The second-order valence-electron chi connectivity index (χ2n) is 10.7. The largest absolute Gasteiger partial charge is 0.477 e. The summed E-state index contributed by atoms with van der Waals surface area (Å²) in [6.07, 6.45) is 5.60.